The van der Waals surface area contributed by atoms with Crippen LogP contribution in [0.2, 0.25) is 0 Å². The first-order valence-electron chi connectivity index (χ1n) is 21.4. The summed E-state index contributed by atoms with van der Waals surface area (Å²) in [5, 5.41) is 0. The van der Waals surface area contributed by atoms with E-state index in [1.807, 2.05) is 0 Å². The molecule has 300 valence electrons. The van der Waals surface area contributed by atoms with Crippen molar-refractivity contribution in [3.8, 4) is 0 Å². The molecule has 0 rings (SSSR count). The molecular formula is C42H92MoN2O4. The predicted octanol–water partition coefficient (Wildman–Crippen LogP) is 11.3. The van der Waals surface area contributed by atoms with Gasteiger partial charge in [-0.2, -0.15) is 0 Å². The summed E-state index contributed by atoms with van der Waals surface area (Å²) >= 11 is -6.02. The molecule has 0 N–H and O–H groups in total. The Balaban J connectivity index is -0.000000757. The number of unbranched alkanes of at least 4 members (excludes halogenated alkanes) is 30. The topological polar surface area (TPSA) is 80.3 Å². The van der Waals surface area contributed by atoms with Gasteiger partial charge in [0.25, 0.3) is 0 Å². The molecule has 0 aromatic rings. The van der Waals surface area contributed by atoms with Gasteiger partial charge in [0.05, 0.1) is 55.4 Å². The Morgan fingerprint density at radius 1 is 0.306 bits per heavy atom. The van der Waals surface area contributed by atoms with Crippen LogP contribution in [-0.2, 0) is 23.5 Å². The van der Waals surface area contributed by atoms with Gasteiger partial charge in [-0.05, 0) is 25.7 Å². The first-order chi connectivity index (χ1) is 23.1. The molecule has 0 aliphatic rings. The summed E-state index contributed by atoms with van der Waals surface area (Å²) in [5.41, 5.74) is 0. The molecule has 0 atom stereocenters. The number of hydrogen-bond donors (Lipinski definition) is 0. The molecule has 49 heavy (non-hydrogen) atoms. The molecular weight excluding hydrogens is 692 g/mol. The van der Waals surface area contributed by atoms with E-state index in [0.717, 1.165) is 8.97 Å². The van der Waals surface area contributed by atoms with E-state index in [-0.39, 0.29) is 0 Å². The van der Waals surface area contributed by atoms with Gasteiger partial charge in [0, 0.05) is 0 Å². The SMILES string of the molecule is CCCCCCCCCCCCCCCCCC[N+](C)(C)C.CCCCCCCCCCCCCCCCCC[N+](C)(C)C.[O]=[Mo](=[O])([O-])[O-]. The molecule has 0 aromatic carbocycles. The summed E-state index contributed by atoms with van der Waals surface area (Å²) in [4.78, 5) is 0. The van der Waals surface area contributed by atoms with Crippen LogP contribution in [0.4, 0.5) is 0 Å². The van der Waals surface area contributed by atoms with Crippen LogP contribution in [0.3, 0.4) is 0 Å². The quantitative estimate of drug-likeness (QED) is 0.0370. The van der Waals surface area contributed by atoms with Crippen LogP contribution in [0.1, 0.15) is 219 Å². The van der Waals surface area contributed by atoms with E-state index in [0.29, 0.717) is 0 Å². The van der Waals surface area contributed by atoms with Crippen LogP contribution < -0.4 is 7.52 Å². The third-order valence-corrected chi connectivity index (χ3v) is 9.36. The zero-order chi connectivity index (χ0) is 37.5. The normalized spacial score (nSPS) is 12.0. The molecule has 0 aliphatic heterocycles. The van der Waals surface area contributed by atoms with Crippen LogP contribution in [-0.4, -0.2) is 64.3 Å². The van der Waals surface area contributed by atoms with Gasteiger partial charge >= 0.3 is 31.1 Å². The Kier molecular flexibility index (Phi) is 42.9. The second-order valence-electron chi connectivity index (χ2n) is 17.0. The minimum atomic E-state index is -6.02. The third kappa shape index (κ3) is 70.4. The average molecular weight is 785 g/mol. The van der Waals surface area contributed by atoms with E-state index < -0.39 is 16.7 Å². The van der Waals surface area contributed by atoms with E-state index in [9.17, 15) is 0 Å². The van der Waals surface area contributed by atoms with Crippen molar-refractivity contribution in [2.45, 2.75) is 219 Å². The van der Waals surface area contributed by atoms with Crippen molar-refractivity contribution in [3.05, 3.63) is 0 Å². The van der Waals surface area contributed by atoms with Crippen molar-refractivity contribution in [2.24, 2.45) is 0 Å². The summed E-state index contributed by atoms with van der Waals surface area (Å²) in [7, 11) is 13.8. The number of hydrogen-bond acceptors (Lipinski definition) is 4. The van der Waals surface area contributed by atoms with Crippen molar-refractivity contribution in [2.75, 3.05) is 55.4 Å². The van der Waals surface area contributed by atoms with Gasteiger partial charge < -0.3 is 8.97 Å². The Labute approximate surface area is 313 Å². The summed E-state index contributed by atoms with van der Waals surface area (Å²) < 4.78 is 36.8. The molecule has 0 aromatic heterocycles. The van der Waals surface area contributed by atoms with Crippen LogP contribution in [0.5, 0.6) is 0 Å². The molecule has 0 bridgehead atoms. The van der Waals surface area contributed by atoms with E-state index in [1.165, 1.54) is 219 Å². The van der Waals surface area contributed by atoms with Gasteiger partial charge in [0.2, 0.25) is 0 Å². The molecule has 0 spiro atoms. The Morgan fingerprint density at radius 3 is 0.551 bits per heavy atom. The first kappa shape index (κ1) is 53.5. The van der Waals surface area contributed by atoms with Gasteiger partial charge in [-0.15, -0.1) is 0 Å². The van der Waals surface area contributed by atoms with E-state index >= 15 is 0 Å². The number of rotatable bonds is 34. The van der Waals surface area contributed by atoms with Crippen molar-refractivity contribution < 1.29 is 40.0 Å². The van der Waals surface area contributed by atoms with E-state index in [4.69, 9.17) is 14.3 Å². The molecule has 0 unspecified atom stereocenters. The fourth-order valence-corrected chi connectivity index (χ4v) is 6.27. The van der Waals surface area contributed by atoms with E-state index in [1.54, 1.807) is 0 Å². The van der Waals surface area contributed by atoms with Gasteiger partial charge in [0.1, 0.15) is 0 Å². The zero-order valence-electron chi connectivity index (χ0n) is 35.0. The summed E-state index contributed by atoms with van der Waals surface area (Å²) in [5.74, 6) is 0. The standard InChI is InChI=1S/2C21H46N.Mo.4O/c2*1-5-6-7-8-9-10-11-12-13-14-15-16-17-18-19-20-21-22(2,3)4;;;;;/h2*5-21H2,1-4H3;;;;;/q2*+1;;;;2*-1. The molecule has 0 saturated heterocycles. The van der Waals surface area contributed by atoms with Gasteiger partial charge in [-0.25, -0.2) is 0 Å². The van der Waals surface area contributed by atoms with Crippen molar-refractivity contribution >= 4 is 0 Å². The predicted molar refractivity (Wildman–Crippen MR) is 206 cm³/mol. The second-order valence-corrected chi connectivity index (χ2v) is 19.0. The van der Waals surface area contributed by atoms with Crippen molar-refractivity contribution in [1.29, 1.82) is 0 Å². The molecule has 0 fully saturated rings. The molecule has 0 saturated carbocycles. The maximum absolute atomic E-state index is 8.63. The number of nitrogens with zero attached hydrogens (tertiary/aromatic N) is 2. The molecule has 6 nitrogen and oxygen atoms in total. The molecule has 0 aliphatic carbocycles. The Hall–Kier alpha value is 0.128. The van der Waals surface area contributed by atoms with Gasteiger partial charge in [-0.1, -0.05) is 194 Å². The van der Waals surface area contributed by atoms with Crippen LogP contribution in [0.25, 0.3) is 0 Å². The van der Waals surface area contributed by atoms with Crippen molar-refractivity contribution in [1.82, 2.24) is 0 Å². The monoisotopic (exact) mass is 787 g/mol. The first-order valence-corrected chi connectivity index (χ1v) is 24.7. The van der Waals surface area contributed by atoms with Crippen molar-refractivity contribution in [3.63, 3.8) is 0 Å². The summed E-state index contributed by atoms with van der Waals surface area (Å²) in [6.07, 6.45) is 46.7. The van der Waals surface area contributed by atoms with E-state index in [2.05, 4.69) is 56.1 Å². The minimum absolute atomic E-state index is 1.12. The number of quaternary nitrogens is 2. The Morgan fingerprint density at radius 2 is 0.429 bits per heavy atom. The molecule has 0 radical (unpaired) electrons. The van der Waals surface area contributed by atoms with Crippen LogP contribution in [0.15, 0.2) is 0 Å². The van der Waals surface area contributed by atoms with Gasteiger partial charge in [0.15, 0.2) is 0 Å². The zero-order valence-corrected chi connectivity index (χ0v) is 37.0. The summed E-state index contributed by atoms with van der Waals surface area (Å²) in [6, 6.07) is 0. The van der Waals surface area contributed by atoms with Crippen LogP contribution >= 0.6 is 0 Å². The maximum atomic E-state index is 8.63. The average Bonchev–Trinajstić information content (AvgIpc) is 2.99. The fraction of sp³-hybridized carbons (Fsp3) is 1.00. The molecule has 0 heterocycles. The fourth-order valence-electron chi connectivity index (χ4n) is 6.27. The second kappa shape index (κ2) is 39.3. The van der Waals surface area contributed by atoms with Gasteiger partial charge in [-0.3, -0.25) is 0 Å². The third-order valence-electron chi connectivity index (χ3n) is 9.36. The molecule has 0 amide bonds. The van der Waals surface area contributed by atoms with Crippen LogP contribution in [0, 0.1) is 0 Å². The summed E-state index contributed by atoms with van der Waals surface area (Å²) in [6.45, 7) is 7.26. The Bertz CT molecular complexity index is 663. The molecule has 7 heteroatoms.